The van der Waals surface area contributed by atoms with Gasteiger partial charge in [-0.05, 0) is 0 Å². The molecule has 0 aromatic rings. The maximum Gasteiger partial charge on any atom is 0.360 e. The van der Waals surface area contributed by atoms with E-state index < -0.39 is 10.9 Å². The number of carbonyl (C=O) groups is 1. The van der Waals surface area contributed by atoms with Crippen molar-refractivity contribution in [3.8, 4) is 0 Å². The van der Waals surface area contributed by atoms with Crippen molar-refractivity contribution in [2.75, 3.05) is 33.4 Å². The van der Waals surface area contributed by atoms with Crippen LogP contribution in [0.4, 0.5) is 0 Å². The Morgan fingerprint density at radius 2 is 2.13 bits per heavy atom. The molecular weight excluding hydrogens is 204 g/mol. The maximum absolute atomic E-state index is 11.3. The highest BCUT2D eigenvalue weighted by molar-refractivity contribution is 5.87. The molecule has 7 heteroatoms. The first-order valence-corrected chi connectivity index (χ1v) is 4.41. The molecule has 1 aliphatic heterocycles. The van der Waals surface area contributed by atoms with Gasteiger partial charge in [-0.15, -0.1) is 0 Å². The molecule has 0 saturated carbocycles. The number of carbonyl (C=O) groups excluding carboxylic acids is 1. The first-order chi connectivity index (χ1) is 7.15. The number of ether oxygens (including phenoxy) is 2. The molecule has 0 N–H and O–H groups in total. The summed E-state index contributed by atoms with van der Waals surface area (Å²) in [5.41, 5.74) is -0.0363. The van der Waals surface area contributed by atoms with Crippen molar-refractivity contribution < 1.29 is 19.2 Å². The predicted molar refractivity (Wildman–Crippen MR) is 49.5 cm³/mol. The van der Waals surface area contributed by atoms with E-state index in [0.717, 1.165) is 0 Å². The van der Waals surface area contributed by atoms with Crippen LogP contribution in [0.15, 0.2) is 11.9 Å². The summed E-state index contributed by atoms with van der Waals surface area (Å²) in [5, 5.41) is 10.3. The fourth-order valence-corrected chi connectivity index (χ4v) is 1.27. The molecule has 1 fully saturated rings. The van der Waals surface area contributed by atoms with Crippen LogP contribution in [0.5, 0.6) is 0 Å². The number of methoxy groups -OCH3 is 1. The Labute approximate surface area is 86.4 Å². The smallest absolute Gasteiger partial charge is 0.360 e. The van der Waals surface area contributed by atoms with Crippen molar-refractivity contribution in [3.05, 3.63) is 22.0 Å². The van der Waals surface area contributed by atoms with Gasteiger partial charge in [-0.2, -0.15) is 0 Å². The Morgan fingerprint density at radius 3 is 2.60 bits per heavy atom. The molecule has 7 nitrogen and oxygen atoms in total. The Hall–Kier alpha value is -1.63. The minimum Gasteiger partial charge on any atom is -0.464 e. The first kappa shape index (κ1) is 11.4. The molecule has 0 aromatic carbocycles. The van der Waals surface area contributed by atoms with E-state index in [-0.39, 0.29) is 5.70 Å². The topological polar surface area (TPSA) is 81.9 Å². The second kappa shape index (κ2) is 5.30. The Morgan fingerprint density at radius 1 is 1.53 bits per heavy atom. The van der Waals surface area contributed by atoms with Gasteiger partial charge in [0.05, 0.1) is 25.2 Å². The molecule has 0 aliphatic carbocycles. The van der Waals surface area contributed by atoms with E-state index in [9.17, 15) is 14.9 Å². The molecule has 1 rings (SSSR count). The van der Waals surface area contributed by atoms with Crippen molar-refractivity contribution in [2.45, 2.75) is 0 Å². The lowest BCUT2D eigenvalue weighted by Gasteiger charge is -2.27. The van der Waals surface area contributed by atoms with Crippen LogP contribution >= 0.6 is 0 Å². The summed E-state index contributed by atoms with van der Waals surface area (Å²) < 4.78 is 9.55. The van der Waals surface area contributed by atoms with Crippen LogP contribution in [0.2, 0.25) is 0 Å². The van der Waals surface area contributed by atoms with E-state index >= 15 is 0 Å². The largest absolute Gasteiger partial charge is 0.464 e. The van der Waals surface area contributed by atoms with Gasteiger partial charge in [0.25, 0.3) is 6.20 Å². The molecule has 0 spiro atoms. The second-order valence-electron chi connectivity index (χ2n) is 2.89. The third kappa shape index (κ3) is 3.21. The maximum atomic E-state index is 11.3. The highest BCUT2D eigenvalue weighted by Gasteiger charge is 2.23. The zero-order valence-corrected chi connectivity index (χ0v) is 8.34. The average molecular weight is 216 g/mol. The average Bonchev–Trinajstić information content (AvgIpc) is 2.26. The van der Waals surface area contributed by atoms with E-state index in [0.29, 0.717) is 32.5 Å². The Bertz CT molecular complexity index is 283. The fourth-order valence-electron chi connectivity index (χ4n) is 1.27. The fraction of sp³-hybridized carbons (Fsp3) is 0.625. The summed E-state index contributed by atoms with van der Waals surface area (Å²) in [6.45, 7) is 1.81. The Balaban J connectivity index is 2.79. The van der Waals surface area contributed by atoms with Crippen molar-refractivity contribution >= 4 is 5.97 Å². The van der Waals surface area contributed by atoms with E-state index in [2.05, 4.69) is 4.74 Å². The standard InChI is InChI=1S/C8H12N2O5/c1-14-8(11)7(6-10(12)13)9-2-4-15-5-3-9/h6H,2-5H2,1H3. The normalized spacial score (nSPS) is 17.4. The van der Waals surface area contributed by atoms with Gasteiger partial charge < -0.3 is 14.4 Å². The summed E-state index contributed by atoms with van der Waals surface area (Å²) in [5.74, 6) is -0.700. The molecule has 0 unspecified atom stereocenters. The minimum absolute atomic E-state index is 0.0363. The zero-order chi connectivity index (χ0) is 11.3. The molecule has 0 amide bonds. The van der Waals surface area contributed by atoms with Crippen LogP contribution in [-0.4, -0.2) is 49.2 Å². The molecule has 15 heavy (non-hydrogen) atoms. The van der Waals surface area contributed by atoms with Crippen molar-refractivity contribution in [1.29, 1.82) is 0 Å². The molecule has 1 heterocycles. The van der Waals surface area contributed by atoms with E-state index in [1.165, 1.54) is 7.11 Å². The van der Waals surface area contributed by atoms with Gasteiger partial charge in [0.2, 0.25) is 0 Å². The Kier molecular flexibility index (Phi) is 4.04. The van der Waals surface area contributed by atoms with Crippen LogP contribution in [-0.2, 0) is 14.3 Å². The molecule has 1 saturated heterocycles. The predicted octanol–water partition coefficient (Wildman–Crippen LogP) is -0.390. The molecule has 0 bridgehead atoms. The lowest BCUT2D eigenvalue weighted by molar-refractivity contribution is -0.404. The first-order valence-electron chi connectivity index (χ1n) is 4.41. The molecular formula is C8H12N2O5. The van der Waals surface area contributed by atoms with E-state index in [4.69, 9.17) is 4.74 Å². The minimum atomic E-state index is -0.700. The van der Waals surface area contributed by atoms with Gasteiger partial charge in [-0.3, -0.25) is 10.1 Å². The highest BCUT2D eigenvalue weighted by atomic mass is 16.6. The summed E-state index contributed by atoms with van der Waals surface area (Å²) in [6, 6.07) is 0. The third-order valence-corrected chi connectivity index (χ3v) is 1.97. The number of rotatable bonds is 3. The number of nitrogens with zero attached hydrogens (tertiary/aromatic N) is 2. The van der Waals surface area contributed by atoms with Crippen LogP contribution in [0.1, 0.15) is 0 Å². The van der Waals surface area contributed by atoms with Crippen molar-refractivity contribution in [2.24, 2.45) is 0 Å². The van der Waals surface area contributed by atoms with E-state index in [1.807, 2.05) is 0 Å². The number of nitro groups is 1. The molecule has 84 valence electrons. The van der Waals surface area contributed by atoms with Crippen LogP contribution in [0, 0.1) is 10.1 Å². The van der Waals surface area contributed by atoms with Crippen LogP contribution < -0.4 is 0 Å². The van der Waals surface area contributed by atoms with Crippen LogP contribution in [0.25, 0.3) is 0 Å². The SMILES string of the molecule is COC(=O)C(=C[N+](=O)[O-])N1CCOCC1. The molecule has 0 atom stereocenters. The van der Waals surface area contributed by atoms with Gasteiger partial charge in [0.1, 0.15) is 0 Å². The lowest BCUT2D eigenvalue weighted by Crippen LogP contribution is -2.38. The number of hydrogen-bond donors (Lipinski definition) is 0. The quantitative estimate of drug-likeness (QED) is 0.276. The van der Waals surface area contributed by atoms with Crippen molar-refractivity contribution in [3.63, 3.8) is 0 Å². The van der Waals surface area contributed by atoms with Crippen LogP contribution in [0.3, 0.4) is 0 Å². The van der Waals surface area contributed by atoms with Gasteiger partial charge >= 0.3 is 5.97 Å². The molecule has 0 aromatic heterocycles. The van der Waals surface area contributed by atoms with Gasteiger partial charge in [0, 0.05) is 13.1 Å². The lowest BCUT2D eigenvalue weighted by atomic mass is 10.3. The summed E-state index contributed by atoms with van der Waals surface area (Å²) in [7, 11) is 1.19. The molecule has 1 aliphatic rings. The number of esters is 1. The number of morpholine rings is 1. The highest BCUT2D eigenvalue weighted by Crippen LogP contribution is 2.09. The van der Waals surface area contributed by atoms with Gasteiger partial charge in [-0.1, -0.05) is 0 Å². The summed E-state index contributed by atoms with van der Waals surface area (Å²) in [6.07, 6.45) is 0.664. The van der Waals surface area contributed by atoms with E-state index in [1.54, 1.807) is 4.90 Å². The van der Waals surface area contributed by atoms with Gasteiger partial charge in [-0.25, -0.2) is 4.79 Å². The van der Waals surface area contributed by atoms with Crippen molar-refractivity contribution in [1.82, 2.24) is 4.90 Å². The molecule has 0 radical (unpaired) electrons. The summed E-state index contributed by atoms with van der Waals surface area (Å²) in [4.78, 5) is 22.5. The second-order valence-corrected chi connectivity index (χ2v) is 2.89. The number of hydrogen-bond acceptors (Lipinski definition) is 6. The van der Waals surface area contributed by atoms with Gasteiger partial charge in [0.15, 0.2) is 5.70 Å². The summed E-state index contributed by atoms with van der Waals surface area (Å²) >= 11 is 0. The third-order valence-electron chi connectivity index (χ3n) is 1.97. The monoisotopic (exact) mass is 216 g/mol. The zero-order valence-electron chi connectivity index (χ0n) is 8.34.